The first-order valence-corrected chi connectivity index (χ1v) is 6.93. The molecule has 21 heavy (non-hydrogen) atoms. The molecule has 0 aliphatic heterocycles. The molecule has 7 heteroatoms. The number of aromatic nitrogens is 1. The van der Waals surface area contributed by atoms with E-state index in [9.17, 15) is 15.2 Å². The second-order valence-electron chi connectivity index (χ2n) is 5.15. The van der Waals surface area contributed by atoms with Gasteiger partial charge < -0.3 is 14.8 Å². The van der Waals surface area contributed by atoms with Gasteiger partial charge in [-0.2, -0.15) is 4.98 Å². The third-order valence-electron chi connectivity index (χ3n) is 4.03. The first-order chi connectivity index (χ1) is 10.0. The van der Waals surface area contributed by atoms with E-state index >= 15 is 0 Å². The van der Waals surface area contributed by atoms with Crippen molar-refractivity contribution in [2.24, 2.45) is 5.41 Å². The highest BCUT2D eigenvalue weighted by atomic mass is 16.6. The smallest absolute Gasteiger partial charge is 0.295 e. The van der Waals surface area contributed by atoms with Gasteiger partial charge in [0.25, 0.3) is 11.7 Å². The Morgan fingerprint density at radius 2 is 2.14 bits per heavy atom. The molecule has 2 N–H and O–H groups in total. The lowest BCUT2D eigenvalue weighted by Crippen LogP contribution is -2.32. The lowest BCUT2D eigenvalue weighted by atomic mass is 9.83. The number of oxazole rings is 1. The predicted molar refractivity (Wildman–Crippen MR) is 79.3 cm³/mol. The molecule has 0 fully saturated rings. The van der Waals surface area contributed by atoms with E-state index in [0.29, 0.717) is 23.7 Å². The maximum atomic E-state index is 10.7. The number of aliphatic hydroxyl groups excluding tert-OH is 1. The number of rotatable bonds is 7. The Balaban J connectivity index is 2.18. The normalized spacial score (nSPS) is 11.8. The Hall–Kier alpha value is -2.15. The van der Waals surface area contributed by atoms with Crippen LogP contribution in [0.5, 0.6) is 0 Å². The summed E-state index contributed by atoms with van der Waals surface area (Å²) in [5.41, 5.74) is 0.684. The second-order valence-corrected chi connectivity index (χ2v) is 5.15. The Morgan fingerprint density at radius 1 is 1.43 bits per heavy atom. The maximum absolute atomic E-state index is 10.7. The SMILES string of the molecule is CCC(CC)(CO)CNc1nc2ccc([N+](=O)[O-])cc2o1. The van der Waals surface area contributed by atoms with Gasteiger partial charge in [-0.25, -0.2) is 0 Å². The molecule has 1 heterocycles. The van der Waals surface area contributed by atoms with Crippen molar-refractivity contribution in [1.29, 1.82) is 0 Å². The largest absolute Gasteiger partial charge is 0.423 e. The summed E-state index contributed by atoms with van der Waals surface area (Å²) in [4.78, 5) is 14.5. The Morgan fingerprint density at radius 3 is 2.71 bits per heavy atom. The van der Waals surface area contributed by atoms with Crippen LogP contribution in [0.2, 0.25) is 0 Å². The van der Waals surface area contributed by atoms with E-state index in [1.54, 1.807) is 6.07 Å². The van der Waals surface area contributed by atoms with E-state index in [-0.39, 0.29) is 17.7 Å². The van der Waals surface area contributed by atoms with Crippen LogP contribution in [0.25, 0.3) is 11.1 Å². The van der Waals surface area contributed by atoms with E-state index in [0.717, 1.165) is 12.8 Å². The third-order valence-corrected chi connectivity index (χ3v) is 4.03. The fourth-order valence-electron chi connectivity index (χ4n) is 2.15. The van der Waals surface area contributed by atoms with Crippen LogP contribution in [0.3, 0.4) is 0 Å². The second kappa shape index (κ2) is 6.09. The third kappa shape index (κ3) is 3.13. The van der Waals surface area contributed by atoms with Crippen molar-refractivity contribution in [2.75, 3.05) is 18.5 Å². The number of hydrogen-bond acceptors (Lipinski definition) is 6. The van der Waals surface area contributed by atoms with E-state index in [1.807, 2.05) is 13.8 Å². The van der Waals surface area contributed by atoms with Crippen LogP contribution in [0.4, 0.5) is 11.7 Å². The van der Waals surface area contributed by atoms with Crippen molar-refractivity contribution in [3.05, 3.63) is 28.3 Å². The van der Waals surface area contributed by atoms with Crippen LogP contribution in [0, 0.1) is 15.5 Å². The highest BCUT2D eigenvalue weighted by Gasteiger charge is 2.25. The number of hydrogen-bond donors (Lipinski definition) is 2. The summed E-state index contributed by atoms with van der Waals surface area (Å²) < 4.78 is 5.48. The molecule has 0 saturated heterocycles. The van der Waals surface area contributed by atoms with Crippen LogP contribution in [-0.4, -0.2) is 28.2 Å². The van der Waals surface area contributed by atoms with Gasteiger partial charge in [-0.3, -0.25) is 10.1 Å². The molecule has 1 aromatic carbocycles. The number of aliphatic hydroxyl groups is 1. The molecule has 0 amide bonds. The van der Waals surface area contributed by atoms with Gasteiger partial charge in [0.15, 0.2) is 5.58 Å². The van der Waals surface area contributed by atoms with Crippen LogP contribution in [-0.2, 0) is 0 Å². The summed E-state index contributed by atoms with van der Waals surface area (Å²) in [6, 6.07) is 4.61. The number of nitrogens with zero attached hydrogens (tertiary/aromatic N) is 2. The number of nitro benzene ring substituents is 1. The zero-order valence-corrected chi connectivity index (χ0v) is 12.1. The molecule has 0 spiro atoms. The molecule has 2 aromatic rings. The standard InChI is InChI=1S/C14H19N3O4/c1-3-14(4-2,9-18)8-15-13-16-11-6-5-10(17(19)20)7-12(11)21-13/h5-7,18H,3-4,8-9H2,1-2H3,(H,15,16). The molecular formula is C14H19N3O4. The fourth-order valence-corrected chi connectivity index (χ4v) is 2.15. The van der Waals surface area contributed by atoms with Crippen LogP contribution in [0.15, 0.2) is 22.6 Å². The number of non-ortho nitro benzene ring substituents is 1. The molecule has 0 aliphatic carbocycles. The summed E-state index contributed by atoms with van der Waals surface area (Å²) in [5, 5.41) is 23.3. The average Bonchev–Trinajstić information content (AvgIpc) is 2.91. The summed E-state index contributed by atoms with van der Waals surface area (Å²) in [5.74, 6) is 0. The quantitative estimate of drug-likeness (QED) is 0.601. The zero-order chi connectivity index (χ0) is 15.5. The molecule has 0 atom stereocenters. The van der Waals surface area contributed by atoms with Gasteiger partial charge >= 0.3 is 0 Å². The molecule has 0 bridgehead atoms. The van der Waals surface area contributed by atoms with Crippen molar-refractivity contribution in [1.82, 2.24) is 4.98 Å². The first kappa shape index (κ1) is 15.2. The summed E-state index contributed by atoms with van der Waals surface area (Å²) in [6.45, 7) is 4.66. The van der Waals surface area contributed by atoms with Gasteiger partial charge in [0.2, 0.25) is 0 Å². The van der Waals surface area contributed by atoms with Crippen molar-refractivity contribution in [3.8, 4) is 0 Å². The highest BCUT2D eigenvalue weighted by Crippen LogP contribution is 2.28. The molecule has 2 rings (SSSR count). The maximum Gasteiger partial charge on any atom is 0.295 e. The summed E-state index contributed by atoms with van der Waals surface area (Å²) in [7, 11) is 0. The number of benzene rings is 1. The van der Waals surface area contributed by atoms with Gasteiger partial charge in [0, 0.05) is 18.0 Å². The number of nitro groups is 1. The monoisotopic (exact) mass is 293 g/mol. The number of anilines is 1. The van der Waals surface area contributed by atoms with E-state index in [2.05, 4.69) is 10.3 Å². The van der Waals surface area contributed by atoms with Gasteiger partial charge in [0.1, 0.15) is 5.52 Å². The zero-order valence-electron chi connectivity index (χ0n) is 12.1. The molecule has 1 aromatic heterocycles. The van der Waals surface area contributed by atoms with Gasteiger partial charge in [0.05, 0.1) is 17.6 Å². The molecule has 0 radical (unpaired) electrons. The van der Waals surface area contributed by atoms with E-state index < -0.39 is 4.92 Å². The number of fused-ring (bicyclic) bond motifs is 1. The highest BCUT2D eigenvalue weighted by molar-refractivity contribution is 5.77. The van der Waals surface area contributed by atoms with Crippen LogP contribution < -0.4 is 5.32 Å². The summed E-state index contributed by atoms with van der Waals surface area (Å²) >= 11 is 0. The lowest BCUT2D eigenvalue weighted by Gasteiger charge is -2.29. The number of nitrogens with one attached hydrogen (secondary N) is 1. The Labute approximate surface area is 122 Å². The molecule has 114 valence electrons. The summed E-state index contributed by atoms with van der Waals surface area (Å²) in [6.07, 6.45) is 1.66. The molecule has 0 saturated carbocycles. The minimum absolute atomic E-state index is 0.0305. The first-order valence-electron chi connectivity index (χ1n) is 6.93. The van der Waals surface area contributed by atoms with Crippen molar-refractivity contribution in [2.45, 2.75) is 26.7 Å². The minimum atomic E-state index is -0.472. The van der Waals surface area contributed by atoms with E-state index in [4.69, 9.17) is 4.42 Å². The minimum Gasteiger partial charge on any atom is -0.423 e. The Bertz CT molecular complexity index is 626. The van der Waals surface area contributed by atoms with Crippen LogP contribution in [0.1, 0.15) is 26.7 Å². The Kier molecular flexibility index (Phi) is 4.42. The van der Waals surface area contributed by atoms with Gasteiger partial charge in [-0.05, 0) is 18.9 Å². The van der Waals surface area contributed by atoms with Crippen molar-refractivity contribution >= 4 is 22.8 Å². The molecule has 0 unspecified atom stereocenters. The predicted octanol–water partition coefficient (Wildman–Crippen LogP) is 2.95. The topological polar surface area (TPSA) is 101 Å². The van der Waals surface area contributed by atoms with E-state index in [1.165, 1.54) is 12.1 Å². The van der Waals surface area contributed by atoms with Crippen molar-refractivity contribution < 1.29 is 14.4 Å². The lowest BCUT2D eigenvalue weighted by molar-refractivity contribution is -0.384. The van der Waals surface area contributed by atoms with Gasteiger partial charge in [-0.15, -0.1) is 0 Å². The average molecular weight is 293 g/mol. The van der Waals surface area contributed by atoms with Crippen LogP contribution >= 0.6 is 0 Å². The van der Waals surface area contributed by atoms with Gasteiger partial charge in [-0.1, -0.05) is 13.8 Å². The molecule has 0 aliphatic rings. The van der Waals surface area contributed by atoms with Crippen molar-refractivity contribution in [3.63, 3.8) is 0 Å². The molecule has 7 nitrogen and oxygen atoms in total. The molecular weight excluding hydrogens is 274 g/mol. The fraction of sp³-hybridized carbons (Fsp3) is 0.500.